The van der Waals surface area contributed by atoms with E-state index in [0.717, 1.165) is 22.8 Å². The second-order valence-electron chi connectivity index (χ2n) is 4.72. The summed E-state index contributed by atoms with van der Waals surface area (Å²) in [6.07, 6.45) is 0. The Balaban J connectivity index is 1.55. The van der Waals surface area contributed by atoms with Gasteiger partial charge >= 0.3 is 5.97 Å². The number of carbonyl (C=O) groups excluding carboxylic acids is 2. The highest BCUT2D eigenvalue weighted by Gasteiger charge is 2.16. The maximum Gasteiger partial charge on any atom is 0.352 e. The van der Waals surface area contributed by atoms with Crippen molar-refractivity contribution in [2.45, 2.75) is 6.92 Å². The number of nitrogens with one attached hydrogen (secondary N) is 1. The molecule has 0 radical (unpaired) electrons. The Kier molecular flexibility index (Phi) is 4.92. The zero-order valence-corrected chi connectivity index (χ0v) is 14.2. The molecule has 0 bridgehead atoms. The number of esters is 1. The number of anilines is 1. The minimum Gasteiger partial charge on any atom is -0.451 e. The van der Waals surface area contributed by atoms with Crippen molar-refractivity contribution in [2.75, 3.05) is 11.9 Å². The van der Waals surface area contributed by atoms with E-state index >= 15 is 0 Å². The van der Waals surface area contributed by atoms with Gasteiger partial charge in [0.05, 0.1) is 11.4 Å². The van der Waals surface area contributed by atoms with Gasteiger partial charge in [0.15, 0.2) is 16.6 Å². The van der Waals surface area contributed by atoms with Gasteiger partial charge in [-0.3, -0.25) is 10.1 Å². The van der Waals surface area contributed by atoms with E-state index in [1.807, 2.05) is 35.7 Å². The van der Waals surface area contributed by atoms with Crippen molar-refractivity contribution in [2.24, 2.45) is 0 Å². The fourth-order valence-electron chi connectivity index (χ4n) is 1.84. The molecule has 0 atom stereocenters. The first-order valence-electron chi connectivity index (χ1n) is 6.90. The van der Waals surface area contributed by atoms with E-state index in [9.17, 15) is 9.59 Å². The van der Waals surface area contributed by atoms with Crippen molar-refractivity contribution >= 4 is 39.9 Å². The van der Waals surface area contributed by atoms with Crippen LogP contribution in [-0.4, -0.2) is 33.1 Å². The molecule has 0 spiro atoms. The molecule has 3 rings (SSSR count). The van der Waals surface area contributed by atoms with Gasteiger partial charge in [-0.2, -0.15) is 0 Å². The third-order valence-corrected chi connectivity index (χ3v) is 4.56. The summed E-state index contributed by atoms with van der Waals surface area (Å²) in [5, 5.41) is 8.63. The average molecular weight is 360 g/mol. The molecule has 0 aliphatic rings. The number of hydrogen-bond acceptors (Lipinski definition) is 8. The van der Waals surface area contributed by atoms with Crippen LogP contribution in [0.25, 0.3) is 11.3 Å². The first-order valence-corrected chi connectivity index (χ1v) is 8.55. The molecule has 7 nitrogen and oxygen atoms in total. The first kappa shape index (κ1) is 16.2. The molecule has 9 heteroatoms. The quantitative estimate of drug-likeness (QED) is 0.703. The first-order chi connectivity index (χ1) is 11.6. The lowest BCUT2D eigenvalue weighted by atomic mass is 10.2. The highest BCUT2D eigenvalue weighted by Crippen LogP contribution is 2.24. The standard InChI is InChI=1S/C15H12N4O3S2/c1-9-13(24-19-18-9)14(21)22-7-12(20)17-15-16-11(8-23-15)10-5-3-2-4-6-10/h2-6,8H,7H2,1H3,(H,16,17,20). The number of benzene rings is 1. The van der Waals surface area contributed by atoms with Crippen LogP contribution in [0.5, 0.6) is 0 Å². The van der Waals surface area contributed by atoms with Crippen molar-refractivity contribution in [1.82, 2.24) is 14.6 Å². The summed E-state index contributed by atoms with van der Waals surface area (Å²) in [5.74, 6) is -1.06. The number of amides is 1. The van der Waals surface area contributed by atoms with Crippen molar-refractivity contribution < 1.29 is 14.3 Å². The van der Waals surface area contributed by atoms with Crippen LogP contribution in [0.3, 0.4) is 0 Å². The number of thiazole rings is 1. The Hall–Kier alpha value is -2.65. The maximum absolute atomic E-state index is 11.9. The van der Waals surface area contributed by atoms with E-state index < -0.39 is 18.5 Å². The van der Waals surface area contributed by atoms with E-state index in [-0.39, 0.29) is 0 Å². The summed E-state index contributed by atoms with van der Waals surface area (Å²) in [4.78, 5) is 28.3. The van der Waals surface area contributed by atoms with Crippen molar-refractivity contribution in [3.05, 3.63) is 46.3 Å². The maximum atomic E-state index is 11.9. The number of nitrogens with zero attached hydrogens (tertiary/aromatic N) is 3. The molecule has 2 heterocycles. The van der Waals surface area contributed by atoms with Crippen molar-refractivity contribution in [3.63, 3.8) is 0 Å². The monoisotopic (exact) mass is 360 g/mol. The minimum absolute atomic E-state index is 0.295. The fraction of sp³-hybridized carbons (Fsp3) is 0.133. The van der Waals surface area contributed by atoms with Gasteiger partial charge in [0.25, 0.3) is 5.91 Å². The van der Waals surface area contributed by atoms with Gasteiger partial charge in [-0.1, -0.05) is 34.8 Å². The molecule has 0 unspecified atom stereocenters. The van der Waals surface area contributed by atoms with Crippen LogP contribution < -0.4 is 5.32 Å². The van der Waals surface area contributed by atoms with E-state index in [2.05, 4.69) is 19.9 Å². The molecule has 0 aliphatic carbocycles. The number of ether oxygens (including phenoxy) is 1. The van der Waals surface area contributed by atoms with E-state index in [0.29, 0.717) is 15.7 Å². The third-order valence-electron chi connectivity index (χ3n) is 2.99. The van der Waals surface area contributed by atoms with Gasteiger partial charge in [-0.05, 0) is 18.5 Å². The van der Waals surface area contributed by atoms with Gasteiger partial charge < -0.3 is 4.74 Å². The zero-order valence-electron chi connectivity index (χ0n) is 12.6. The Morgan fingerprint density at radius 3 is 2.75 bits per heavy atom. The van der Waals surface area contributed by atoms with Gasteiger partial charge in [0, 0.05) is 10.9 Å². The van der Waals surface area contributed by atoms with Crippen LogP contribution in [0, 0.1) is 6.92 Å². The molecule has 0 saturated heterocycles. The summed E-state index contributed by atoms with van der Waals surface area (Å²) in [5.41, 5.74) is 2.23. The fourth-order valence-corrected chi connectivity index (χ4v) is 3.13. The molecule has 24 heavy (non-hydrogen) atoms. The van der Waals surface area contributed by atoms with Crippen molar-refractivity contribution in [1.29, 1.82) is 0 Å². The van der Waals surface area contributed by atoms with Gasteiger partial charge in [-0.15, -0.1) is 16.4 Å². The van der Waals surface area contributed by atoms with Crippen molar-refractivity contribution in [3.8, 4) is 11.3 Å². The Morgan fingerprint density at radius 1 is 1.25 bits per heavy atom. The average Bonchev–Trinajstić information content (AvgIpc) is 3.22. The largest absolute Gasteiger partial charge is 0.451 e. The van der Waals surface area contributed by atoms with Crippen LogP contribution >= 0.6 is 22.9 Å². The highest BCUT2D eigenvalue weighted by molar-refractivity contribution is 7.14. The van der Waals surface area contributed by atoms with E-state index in [1.165, 1.54) is 11.3 Å². The lowest BCUT2D eigenvalue weighted by Gasteiger charge is -2.03. The molecule has 0 saturated carbocycles. The molecule has 1 amide bonds. The van der Waals surface area contributed by atoms with Gasteiger partial charge in [-0.25, -0.2) is 9.78 Å². The van der Waals surface area contributed by atoms with Gasteiger partial charge in [0.1, 0.15) is 0 Å². The smallest absolute Gasteiger partial charge is 0.352 e. The highest BCUT2D eigenvalue weighted by atomic mass is 32.1. The third kappa shape index (κ3) is 3.81. The van der Waals surface area contributed by atoms with E-state index in [1.54, 1.807) is 6.92 Å². The summed E-state index contributed by atoms with van der Waals surface area (Å²) in [6, 6.07) is 9.64. The molecule has 2 aromatic heterocycles. The molecular weight excluding hydrogens is 348 g/mol. The van der Waals surface area contributed by atoms with Crippen LogP contribution in [0.2, 0.25) is 0 Å². The Bertz CT molecular complexity index is 860. The number of carbonyl (C=O) groups is 2. The topological polar surface area (TPSA) is 94.1 Å². The van der Waals surface area contributed by atoms with Crippen LogP contribution in [0.15, 0.2) is 35.7 Å². The second-order valence-corrected chi connectivity index (χ2v) is 6.33. The SMILES string of the molecule is Cc1nnsc1C(=O)OCC(=O)Nc1nc(-c2ccccc2)cs1. The van der Waals surface area contributed by atoms with Gasteiger partial charge in [0.2, 0.25) is 0 Å². The molecule has 1 N–H and O–H groups in total. The summed E-state index contributed by atoms with van der Waals surface area (Å²) in [7, 11) is 0. The predicted octanol–water partition coefficient (Wildman–Crippen LogP) is 2.77. The number of rotatable bonds is 5. The number of hydrogen-bond donors (Lipinski definition) is 1. The lowest BCUT2D eigenvalue weighted by molar-refractivity contribution is -0.119. The lowest BCUT2D eigenvalue weighted by Crippen LogP contribution is -2.20. The summed E-state index contributed by atoms with van der Waals surface area (Å²) < 4.78 is 8.60. The predicted molar refractivity (Wildman–Crippen MR) is 91.1 cm³/mol. The van der Waals surface area contributed by atoms with Crippen LogP contribution in [0.4, 0.5) is 5.13 Å². The van der Waals surface area contributed by atoms with Crippen LogP contribution in [0.1, 0.15) is 15.4 Å². The number of aryl methyl sites for hydroxylation is 1. The molecule has 1 aromatic carbocycles. The molecular formula is C15H12N4O3S2. The summed E-state index contributed by atoms with van der Waals surface area (Å²) >= 11 is 2.24. The Labute approximate surface area is 145 Å². The second kappa shape index (κ2) is 7.28. The zero-order chi connectivity index (χ0) is 16.9. The molecule has 0 aliphatic heterocycles. The summed E-state index contributed by atoms with van der Waals surface area (Å²) in [6.45, 7) is 1.26. The number of aromatic nitrogens is 3. The molecule has 3 aromatic rings. The Morgan fingerprint density at radius 2 is 2.04 bits per heavy atom. The molecule has 122 valence electrons. The minimum atomic E-state index is -0.609. The molecule has 0 fully saturated rings. The van der Waals surface area contributed by atoms with E-state index in [4.69, 9.17) is 4.74 Å². The normalized spacial score (nSPS) is 10.4. The van der Waals surface area contributed by atoms with Crippen LogP contribution in [-0.2, 0) is 9.53 Å².